The number of carbonyl (C=O) groups is 1. The minimum absolute atomic E-state index is 0.0443. The molecule has 0 aliphatic rings. The molecule has 1 N–H and O–H groups in total. The van der Waals surface area contributed by atoms with Gasteiger partial charge in [-0.3, -0.25) is 4.79 Å². The van der Waals surface area contributed by atoms with Gasteiger partial charge >= 0.3 is 5.97 Å². The van der Waals surface area contributed by atoms with Gasteiger partial charge in [0.1, 0.15) is 5.82 Å². The molecule has 1 aromatic carbocycles. The summed E-state index contributed by atoms with van der Waals surface area (Å²) in [4.78, 5) is 12.4. The van der Waals surface area contributed by atoms with Crippen molar-refractivity contribution in [1.82, 2.24) is 10.2 Å². The maximum Gasteiger partial charge on any atom is 0.313 e. The predicted octanol–water partition coefficient (Wildman–Crippen LogP) is 3.01. The summed E-state index contributed by atoms with van der Waals surface area (Å²) in [7, 11) is 0. The van der Waals surface area contributed by atoms with Gasteiger partial charge in [-0.05, 0) is 31.2 Å². The topological polar surface area (TPSA) is 66.3 Å². The number of anilines is 2. The minimum atomic E-state index is -0.891. The molecule has 8 heteroatoms. The second kappa shape index (κ2) is 6.67. The lowest BCUT2D eigenvalue weighted by atomic mass is 10.3. The molecular weight excluding hydrogens is 301 g/mol. The molecule has 2 rings (SSSR count). The third-order valence-corrected chi connectivity index (χ3v) is 4.46. The SMILES string of the molecule is CCN(c1ccc(F)cc1)c1nnc(SCC(=O)O)s1. The molecule has 2 aromatic rings. The summed E-state index contributed by atoms with van der Waals surface area (Å²) in [5.74, 6) is -1.23. The van der Waals surface area contributed by atoms with Crippen LogP contribution in [0.15, 0.2) is 28.6 Å². The molecule has 0 amide bonds. The summed E-state index contributed by atoms with van der Waals surface area (Å²) in [6, 6.07) is 6.12. The molecule has 0 bridgehead atoms. The van der Waals surface area contributed by atoms with Gasteiger partial charge in [0, 0.05) is 12.2 Å². The van der Waals surface area contributed by atoms with Crippen LogP contribution in [-0.2, 0) is 4.79 Å². The second-order valence-electron chi connectivity index (χ2n) is 3.75. The van der Waals surface area contributed by atoms with Crippen molar-refractivity contribution in [2.45, 2.75) is 11.3 Å². The van der Waals surface area contributed by atoms with Crippen LogP contribution in [0.2, 0.25) is 0 Å². The zero-order valence-corrected chi connectivity index (χ0v) is 12.2. The highest BCUT2D eigenvalue weighted by molar-refractivity contribution is 8.01. The third-order valence-electron chi connectivity index (χ3n) is 2.40. The number of thioether (sulfide) groups is 1. The highest BCUT2D eigenvalue weighted by Gasteiger charge is 2.14. The highest BCUT2D eigenvalue weighted by atomic mass is 32.2. The number of halogens is 1. The van der Waals surface area contributed by atoms with Crippen molar-refractivity contribution in [2.75, 3.05) is 17.2 Å². The summed E-state index contributed by atoms with van der Waals surface area (Å²) in [5, 5.41) is 17.3. The van der Waals surface area contributed by atoms with E-state index in [-0.39, 0.29) is 11.6 Å². The third kappa shape index (κ3) is 3.67. The molecule has 0 aliphatic heterocycles. The van der Waals surface area contributed by atoms with Crippen molar-refractivity contribution >= 4 is 39.9 Å². The van der Waals surface area contributed by atoms with Crippen LogP contribution >= 0.6 is 23.1 Å². The highest BCUT2D eigenvalue weighted by Crippen LogP contribution is 2.32. The molecule has 1 heterocycles. The predicted molar refractivity (Wildman–Crippen MR) is 77.3 cm³/mol. The smallest absolute Gasteiger partial charge is 0.313 e. The largest absolute Gasteiger partial charge is 0.481 e. The van der Waals surface area contributed by atoms with Gasteiger partial charge in [-0.25, -0.2) is 4.39 Å². The van der Waals surface area contributed by atoms with Gasteiger partial charge in [-0.2, -0.15) is 0 Å². The monoisotopic (exact) mass is 313 g/mol. The van der Waals surface area contributed by atoms with E-state index in [9.17, 15) is 9.18 Å². The first-order valence-electron chi connectivity index (χ1n) is 5.81. The molecule has 0 unspecified atom stereocenters. The van der Waals surface area contributed by atoms with Crippen LogP contribution < -0.4 is 4.90 Å². The molecule has 1 aromatic heterocycles. The quantitative estimate of drug-likeness (QED) is 0.827. The Kier molecular flexibility index (Phi) is 4.91. The lowest BCUT2D eigenvalue weighted by molar-refractivity contribution is -0.133. The van der Waals surface area contributed by atoms with E-state index in [4.69, 9.17) is 5.11 Å². The number of nitrogens with zero attached hydrogens (tertiary/aromatic N) is 3. The van der Waals surface area contributed by atoms with E-state index in [1.807, 2.05) is 11.8 Å². The number of aliphatic carboxylic acids is 1. The van der Waals surface area contributed by atoms with E-state index >= 15 is 0 Å². The second-order valence-corrected chi connectivity index (χ2v) is 5.93. The Bertz CT molecular complexity index is 589. The van der Waals surface area contributed by atoms with E-state index in [1.54, 1.807) is 12.1 Å². The number of benzene rings is 1. The lowest BCUT2D eigenvalue weighted by Gasteiger charge is -2.18. The molecule has 0 spiro atoms. The van der Waals surface area contributed by atoms with E-state index < -0.39 is 5.97 Å². The molecule has 106 valence electrons. The average Bonchev–Trinajstić information content (AvgIpc) is 2.88. The van der Waals surface area contributed by atoms with Gasteiger partial charge in [0.15, 0.2) is 4.34 Å². The van der Waals surface area contributed by atoms with E-state index in [0.717, 1.165) is 17.4 Å². The Morgan fingerprint density at radius 3 is 2.70 bits per heavy atom. The Hall–Kier alpha value is -1.67. The fraction of sp³-hybridized carbons (Fsp3) is 0.250. The van der Waals surface area contributed by atoms with Gasteiger partial charge in [0.2, 0.25) is 5.13 Å². The molecule has 0 saturated carbocycles. The zero-order chi connectivity index (χ0) is 14.5. The van der Waals surface area contributed by atoms with Crippen molar-refractivity contribution in [1.29, 1.82) is 0 Å². The summed E-state index contributed by atoms with van der Waals surface area (Å²) in [6.45, 7) is 2.61. The molecule has 0 aliphatic carbocycles. The molecule has 20 heavy (non-hydrogen) atoms. The van der Waals surface area contributed by atoms with Gasteiger partial charge in [-0.15, -0.1) is 10.2 Å². The van der Waals surface area contributed by atoms with Crippen LogP contribution in [0.1, 0.15) is 6.92 Å². The molecule has 0 fully saturated rings. The average molecular weight is 313 g/mol. The van der Waals surface area contributed by atoms with Crippen molar-refractivity contribution in [3.8, 4) is 0 Å². The van der Waals surface area contributed by atoms with Gasteiger partial charge in [0.05, 0.1) is 5.75 Å². The zero-order valence-electron chi connectivity index (χ0n) is 10.6. The Labute approximate surface area is 123 Å². The summed E-state index contributed by atoms with van der Waals surface area (Å²) < 4.78 is 13.5. The number of carboxylic acid groups (broad SMARTS) is 1. The minimum Gasteiger partial charge on any atom is -0.481 e. The molecule has 5 nitrogen and oxygen atoms in total. The van der Waals surface area contributed by atoms with E-state index in [2.05, 4.69) is 10.2 Å². The number of hydrogen-bond acceptors (Lipinski definition) is 6. The number of aromatic nitrogens is 2. The fourth-order valence-electron chi connectivity index (χ4n) is 1.54. The van der Waals surface area contributed by atoms with Gasteiger partial charge in [0.25, 0.3) is 0 Å². The van der Waals surface area contributed by atoms with Crippen LogP contribution in [-0.4, -0.2) is 33.6 Å². The molecule has 0 radical (unpaired) electrons. The number of carboxylic acids is 1. The standard InChI is InChI=1S/C12H12FN3O2S2/c1-2-16(9-5-3-8(13)4-6-9)11-14-15-12(20-11)19-7-10(17)18/h3-6H,2,7H2,1H3,(H,17,18). The van der Waals surface area contributed by atoms with Crippen LogP contribution in [0.3, 0.4) is 0 Å². The summed E-state index contributed by atoms with van der Waals surface area (Å²) >= 11 is 2.45. The number of rotatable bonds is 6. The molecular formula is C12H12FN3O2S2. The molecule has 0 atom stereocenters. The summed E-state index contributed by atoms with van der Waals surface area (Å²) in [5.41, 5.74) is 0.819. The lowest BCUT2D eigenvalue weighted by Crippen LogP contribution is -2.15. The van der Waals surface area contributed by atoms with E-state index in [1.165, 1.54) is 23.5 Å². The first-order valence-corrected chi connectivity index (χ1v) is 7.61. The maximum absolute atomic E-state index is 12.9. The Morgan fingerprint density at radius 1 is 1.40 bits per heavy atom. The normalized spacial score (nSPS) is 10.5. The maximum atomic E-state index is 12.9. The van der Waals surface area contributed by atoms with Crippen molar-refractivity contribution in [2.24, 2.45) is 0 Å². The first-order chi connectivity index (χ1) is 9.60. The fourth-order valence-corrected chi connectivity index (χ4v) is 3.19. The Balaban J connectivity index is 2.15. The summed E-state index contributed by atoms with van der Waals surface area (Å²) in [6.07, 6.45) is 0. The van der Waals surface area contributed by atoms with E-state index in [0.29, 0.717) is 16.0 Å². The van der Waals surface area contributed by atoms with Gasteiger partial charge in [-0.1, -0.05) is 23.1 Å². The van der Waals surface area contributed by atoms with Crippen LogP contribution in [0, 0.1) is 5.82 Å². The first kappa shape index (κ1) is 14.7. The van der Waals surface area contributed by atoms with Crippen LogP contribution in [0.25, 0.3) is 0 Å². The van der Waals surface area contributed by atoms with Crippen molar-refractivity contribution in [3.05, 3.63) is 30.1 Å². The number of hydrogen-bond donors (Lipinski definition) is 1. The van der Waals surface area contributed by atoms with Crippen molar-refractivity contribution in [3.63, 3.8) is 0 Å². The van der Waals surface area contributed by atoms with Gasteiger partial charge < -0.3 is 10.0 Å². The van der Waals surface area contributed by atoms with Crippen LogP contribution in [0.5, 0.6) is 0 Å². The van der Waals surface area contributed by atoms with Crippen LogP contribution in [0.4, 0.5) is 15.2 Å². The Morgan fingerprint density at radius 2 is 2.10 bits per heavy atom. The van der Waals surface area contributed by atoms with Crippen molar-refractivity contribution < 1.29 is 14.3 Å². The molecule has 0 saturated heterocycles.